The Morgan fingerprint density at radius 2 is 2.00 bits per heavy atom. The first-order valence-corrected chi connectivity index (χ1v) is 6.64. The molecule has 1 fully saturated rings. The molecular weight excluding hydrogens is 287 g/mol. The highest BCUT2D eigenvalue weighted by molar-refractivity contribution is 6.30. The van der Waals surface area contributed by atoms with E-state index in [9.17, 15) is 10.2 Å². The Kier molecular flexibility index (Phi) is 6.89. The molecule has 0 saturated carbocycles. The first-order valence-electron chi connectivity index (χ1n) is 6.26. The number of phenols is 1. The van der Waals surface area contributed by atoms with Crippen LogP contribution < -0.4 is 5.32 Å². The van der Waals surface area contributed by atoms with Crippen LogP contribution in [0.5, 0.6) is 5.75 Å². The highest BCUT2D eigenvalue weighted by atomic mass is 35.5. The zero-order valence-electron chi connectivity index (χ0n) is 10.7. The lowest BCUT2D eigenvalue weighted by atomic mass is 10.0. The first kappa shape index (κ1) is 16.5. The van der Waals surface area contributed by atoms with Gasteiger partial charge in [-0.15, -0.1) is 12.4 Å². The zero-order valence-corrected chi connectivity index (χ0v) is 12.3. The predicted molar refractivity (Wildman–Crippen MR) is 79.3 cm³/mol. The van der Waals surface area contributed by atoms with Crippen molar-refractivity contribution >= 4 is 24.0 Å². The topological polar surface area (TPSA) is 55.7 Å². The summed E-state index contributed by atoms with van der Waals surface area (Å²) in [7, 11) is 0. The van der Waals surface area contributed by atoms with Gasteiger partial charge < -0.3 is 15.5 Å². The van der Waals surface area contributed by atoms with Crippen molar-refractivity contribution in [3.63, 3.8) is 0 Å². The van der Waals surface area contributed by atoms with Gasteiger partial charge in [0, 0.05) is 49.4 Å². The van der Waals surface area contributed by atoms with E-state index in [-0.39, 0.29) is 30.8 Å². The van der Waals surface area contributed by atoms with E-state index >= 15 is 0 Å². The van der Waals surface area contributed by atoms with Gasteiger partial charge >= 0.3 is 0 Å². The summed E-state index contributed by atoms with van der Waals surface area (Å²) in [4.78, 5) is 2.28. The van der Waals surface area contributed by atoms with Crippen LogP contribution in [0.3, 0.4) is 0 Å². The van der Waals surface area contributed by atoms with Crippen LogP contribution in [0, 0.1) is 0 Å². The number of rotatable bonds is 4. The first-order chi connectivity index (χ1) is 8.72. The summed E-state index contributed by atoms with van der Waals surface area (Å²) in [6.45, 7) is 3.79. The van der Waals surface area contributed by atoms with Gasteiger partial charge in [0.05, 0.1) is 0 Å². The molecule has 4 nitrogen and oxygen atoms in total. The molecule has 3 N–H and O–H groups in total. The molecule has 0 radical (unpaired) electrons. The van der Waals surface area contributed by atoms with Crippen LogP contribution in [0.2, 0.25) is 5.02 Å². The lowest BCUT2D eigenvalue weighted by Crippen LogP contribution is -2.45. The second kappa shape index (κ2) is 7.92. The number of aliphatic hydroxyl groups is 1. The molecular formula is C13H20Cl2N2O2. The number of phenolic OH excluding ortho intramolecular Hbond substituents is 1. The maximum absolute atomic E-state index is 9.98. The Morgan fingerprint density at radius 3 is 2.63 bits per heavy atom. The van der Waals surface area contributed by atoms with Crippen LogP contribution >= 0.6 is 24.0 Å². The van der Waals surface area contributed by atoms with Crippen molar-refractivity contribution in [1.82, 2.24) is 10.2 Å². The molecule has 0 aliphatic carbocycles. The summed E-state index contributed by atoms with van der Waals surface area (Å²) in [5.74, 6) is 0.247. The number of aliphatic hydroxyl groups excluding tert-OH is 1. The second-order valence-corrected chi connectivity index (χ2v) is 4.95. The molecule has 1 heterocycles. The summed E-state index contributed by atoms with van der Waals surface area (Å²) in [5.41, 5.74) is 0.804. The number of piperazine rings is 1. The van der Waals surface area contributed by atoms with E-state index in [0.29, 0.717) is 11.4 Å². The van der Waals surface area contributed by atoms with Gasteiger partial charge in [-0.25, -0.2) is 0 Å². The smallest absolute Gasteiger partial charge is 0.120 e. The zero-order chi connectivity index (χ0) is 13.0. The fourth-order valence-corrected chi connectivity index (χ4v) is 2.62. The van der Waals surface area contributed by atoms with E-state index in [1.165, 1.54) is 0 Å². The fourth-order valence-electron chi connectivity index (χ4n) is 2.44. The van der Waals surface area contributed by atoms with Gasteiger partial charge in [-0.3, -0.25) is 4.90 Å². The van der Waals surface area contributed by atoms with Crippen molar-refractivity contribution in [3.05, 3.63) is 28.8 Å². The third kappa shape index (κ3) is 4.23. The molecule has 1 atom stereocenters. The molecule has 2 rings (SSSR count). The quantitative estimate of drug-likeness (QED) is 0.794. The van der Waals surface area contributed by atoms with Crippen molar-refractivity contribution < 1.29 is 10.2 Å². The maximum Gasteiger partial charge on any atom is 0.120 e. The Labute approximate surface area is 124 Å². The van der Waals surface area contributed by atoms with Crippen molar-refractivity contribution in [3.8, 4) is 5.75 Å². The Morgan fingerprint density at radius 1 is 1.32 bits per heavy atom. The second-order valence-electron chi connectivity index (χ2n) is 4.52. The number of halogens is 2. The van der Waals surface area contributed by atoms with E-state index in [2.05, 4.69) is 10.2 Å². The summed E-state index contributed by atoms with van der Waals surface area (Å²) in [6.07, 6.45) is 0.605. The van der Waals surface area contributed by atoms with Crippen LogP contribution in [-0.4, -0.2) is 47.9 Å². The maximum atomic E-state index is 9.98. The van der Waals surface area contributed by atoms with E-state index in [0.717, 1.165) is 31.7 Å². The third-order valence-electron chi connectivity index (χ3n) is 3.34. The molecule has 6 heteroatoms. The molecule has 1 aromatic rings. The Hall–Kier alpha value is -0.520. The molecule has 0 unspecified atom stereocenters. The van der Waals surface area contributed by atoms with E-state index in [4.69, 9.17) is 11.6 Å². The van der Waals surface area contributed by atoms with E-state index in [1.54, 1.807) is 18.2 Å². The summed E-state index contributed by atoms with van der Waals surface area (Å²) < 4.78 is 0. The minimum Gasteiger partial charge on any atom is -0.508 e. The lowest BCUT2D eigenvalue weighted by molar-refractivity contribution is 0.139. The molecule has 0 amide bonds. The Bertz CT molecular complexity index is 398. The molecule has 0 bridgehead atoms. The van der Waals surface area contributed by atoms with Crippen molar-refractivity contribution in [2.24, 2.45) is 0 Å². The van der Waals surface area contributed by atoms with Gasteiger partial charge in [-0.2, -0.15) is 0 Å². The summed E-state index contributed by atoms with van der Waals surface area (Å²) >= 11 is 6.00. The highest BCUT2D eigenvalue weighted by Gasteiger charge is 2.24. The number of hydrogen-bond donors (Lipinski definition) is 3. The number of nitrogens with zero attached hydrogens (tertiary/aromatic N) is 1. The summed E-state index contributed by atoms with van der Waals surface area (Å²) in [6, 6.07) is 5.10. The number of benzene rings is 1. The monoisotopic (exact) mass is 306 g/mol. The summed E-state index contributed by atoms with van der Waals surface area (Å²) in [5, 5.41) is 23.1. The van der Waals surface area contributed by atoms with E-state index in [1.807, 2.05) is 0 Å². The number of hydrogen-bond acceptors (Lipinski definition) is 4. The average Bonchev–Trinajstić information content (AvgIpc) is 2.40. The largest absolute Gasteiger partial charge is 0.508 e. The third-order valence-corrected chi connectivity index (χ3v) is 3.58. The normalized spacial score (nSPS) is 17.8. The number of nitrogens with one attached hydrogen (secondary N) is 1. The SMILES string of the molecule is Cl.OCC[C@H](c1cc(Cl)ccc1O)N1CCNCC1. The van der Waals surface area contributed by atoms with Crippen LogP contribution in [0.15, 0.2) is 18.2 Å². The molecule has 108 valence electrons. The van der Waals surface area contributed by atoms with E-state index < -0.39 is 0 Å². The minimum absolute atomic E-state index is 0. The Balaban J connectivity index is 0.00000180. The van der Waals surface area contributed by atoms with Crippen LogP contribution in [-0.2, 0) is 0 Å². The average molecular weight is 307 g/mol. The van der Waals surface area contributed by atoms with Gasteiger partial charge in [-0.1, -0.05) is 11.6 Å². The van der Waals surface area contributed by atoms with Crippen molar-refractivity contribution in [1.29, 1.82) is 0 Å². The number of aromatic hydroxyl groups is 1. The van der Waals surface area contributed by atoms with Crippen LogP contribution in [0.4, 0.5) is 0 Å². The van der Waals surface area contributed by atoms with Gasteiger partial charge in [0.1, 0.15) is 5.75 Å². The van der Waals surface area contributed by atoms with Gasteiger partial charge in [0.2, 0.25) is 0 Å². The fraction of sp³-hybridized carbons (Fsp3) is 0.538. The van der Waals surface area contributed by atoms with Gasteiger partial charge in [0.25, 0.3) is 0 Å². The van der Waals surface area contributed by atoms with Crippen molar-refractivity contribution in [2.75, 3.05) is 32.8 Å². The molecule has 1 aromatic carbocycles. The van der Waals surface area contributed by atoms with Gasteiger partial charge in [0.15, 0.2) is 0 Å². The molecule has 0 spiro atoms. The minimum atomic E-state index is 0. The lowest BCUT2D eigenvalue weighted by Gasteiger charge is -2.35. The molecule has 1 aliphatic heterocycles. The predicted octanol–water partition coefficient (Wildman–Crippen LogP) is 1.80. The van der Waals surface area contributed by atoms with Gasteiger partial charge in [-0.05, 0) is 24.6 Å². The highest BCUT2D eigenvalue weighted by Crippen LogP contribution is 2.33. The molecule has 1 saturated heterocycles. The molecule has 1 aliphatic rings. The van der Waals surface area contributed by atoms with Crippen LogP contribution in [0.25, 0.3) is 0 Å². The standard InChI is InChI=1S/C13H19ClN2O2.ClH/c14-10-1-2-13(18)11(9-10)12(3-8-17)16-6-4-15-5-7-16;/h1-2,9,12,15,17-18H,3-8H2;1H/t12-;/m1./s1. The molecule has 19 heavy (non-hydrogen) atoms. The molecule has 0 aromatic heterocycles. The van der Waals surface area contributed by atoms with Crippen LogP contribution in [0.1, 0.15) is 18.0 Å². The van der Waals surface area contributed by atoms with Crippen molar-refractivity contribution in [2.45, 2.75) is 12.5 Å².